The second-order valence-corrected chi connectivity index (χ2v) is 5.59. The summed E-state index contributed by atoms with van der Waals surface area (Å²) in [5.41, 5.74) is 2.95. The van der Waals surface area contributed by atoms with Crippen molar-refractivity contribution in [1.82, 2.24) is 15.0 Å². The van der Waals surface area contributed by atoms with Gasteiger partial charge in [-0.3, -0.25) is 0 Å². The molecular weight excluding hydrogens is 252 g/mol. The van der Waals surface area contributed by atoms with Gasteiger partial charge >= 0.3 is 0 Å². The summed E-state index contributed by atoms with van der Waals surface area (Å²) in [5.74, 6) is 1.55. The van der Waals surface area contributed by atoms with Crippen LogP contribution in [-0.4, -0.2) is 41.8 Å². The molecule has 2 aromatic heterocycles. The fourth-order valence-corrected chi connectivity index (χ4v) is 2.88. The molecule has 5 heteroatoms. The standard InChI is InChI=1S/C15H20N4O/c1-10-6-11(2)18-14-13(10)15(17-9-16-14)19(3)7-12-4-5-20-8-12/h6,9,12H,4-5,7-8H2,1-3H3/t12-/m1/s1. The Bertz CT molecular complexity index is 623. The zero-order valence-electron chi connectivity index (χ0n) is 12.3. The quantitative estimate of drug-likeness (QED) is 0.856. The first kappa shape index (κ1) is 13.2. The SMILES string of the molecule is Cc1cc(C)c2c(N(C)C[C@H]3CCOC3)ncnc2n1. The van der Waals surface area contributed by atoms with E-state index < -0.39 is 0 Å². The first-order valence-corrected chi connectivity index (χ1v) is 7.03. The summed E-state index contributed by atoms with van der Waals surface area (Å²) in [7, 11) is 2.08. The molecular formula is C15H20N4O. The van der Waals surface area contributed by atoms with Gasteiger partial charge in [-0.05, 0) is 31.9 Å². The van der Waals surface area contributed by atoms with Crippen molar-refractivity contribution >= 4 is 16.9 Å². The van der Waals surface area contributed by atoms with E-state index in [1.807, 2.05) is 6.92 Å². The Morgan fingerprint density at radius 2 is 2.20 bits per heavy atom. The second-order valence-electron chi connectivity index (χ2n) is 5.59. The highest BCUT2D eigenvalue weighted by Gasteiger charge is 2.20. The van der Waals surface area contributed by atoms with E-state index in [2.05, 4.69) is 39.9 Å². The van der Waals surface area contributed by atoms with Crippen LogP contribution in [0.3, 0.4) is 0 Å². The monoisotopic (exact) mass is 272 g/mol. The Hall–Kier alpha value is -1.75. The number of hydrogen-bond donors (Lipinski definition) is 0. The van der Waals surface area contributed by atoms with Crippen LogP contribution in [0.2, 0.25) is 0 Å². The van der Waals surface area contributed by atoms with E-state index in [0.717, 1.165) is 48.7 Å². The number of rotatable bonds is 3. The number of aromatic nitrogens is 3. The molecule has 5 nitrogen and oxygen atoms in total. The molecule has 0 spiro atoms. The van der Waals surface area contributed by atoms with Crippen molar-refractivity contribution in [3.8, 4) is 0 Å². The molecule has 1 atom stereocenters. The van der Waals surface area contributed by atoms with Gasteiger partial charge in [-0.2, -0.15) is 0 Å². The molecule has 1 saturated heterocycles. The Labute approximate surface area is 119 Å². The predicted molar refractivity (Wildman–Crippen MR) is 79.0 cm³/mol. The average molecular weight is 272 g/mol. The van der Waals surface area contributed by atoms with Gasteiger partial charge in [0.05, 0.1) is 12.0 Å². The van der Waals surface area contributed by atoms with Crippen LogP contribution in [0.25, 0.3) is 11.0 Å². The fraction of sp³-hybridized carbons (Fsp3) is 0.533. The third-order valence-electron chi connectivity index (χ3n) is 3.83. The van der Waals surface area contributed by atoms with Crippen LogP contribution in [0.5, 0.6) is 0 Å². The molecule has 3 rings (SSSR count). The van der Waals surface area contributed by atoms with Crippen LogP contribution in [0, 0.1) is 19.8 Å². The van der Waals surface area contributed by atoms with Crippen LogP contribution in [0.1, 0.15) is 17.7 Å². The minimum atomic E-state index is 0.587. The molecule has 3 heterocycles. The van der Waals surface area contributed by atoms with Gasteiger partial charge in [0, 0.05) is 31.8 Å². The van der Waals surface area contributed by atoms with E-state index in [9.17, 15) is 0 Å². The van der Waals surface area contributed by atoms with E-state index in [-0.39, 0.29) is 0 Å². The Morgan fingerprint density at radius 3 is 2.95 bits per heavy atom. The molecule has 0 saturated carbocycles. The van der Waals surface area contributed by atoms with E-state index in [0.29, 0.717) is 5.92 Å². The smallest absolute Gasteiger partial charge is 0.165 e. The van der Waals surface area contributed by atoms with Crippen LogP contribution in [0.4, 0.5) is 5.82 Å². The van der Waals surface area contributed by atoms with Gasteiger partial charge in [-0.15, -0.1) is 0 Å². The minimum Gasteiger partial charge on any atom is -0.381 e. The van der Waals surface area contributed by atoms with Crippen molar-refractivity contribution in [2.45, 2.75) is 20.3 Å². The van der Waals surface area contributed by atoms with Crippen molar-refractivity contribution in [3.05, 3.63) is 23.7 Å². The van der Waals surface area contributed by atoms with Gasteiger partial charge in [0.2, 0.25) is 0 Å². The predicted octanol–water partition coefficient (Wildman–Crippen LogP) is 2.11. The number of pyridine rings is 1. The van der Waals surface area contributed by atoms with Gasteiger partial charge in [0.15, 0.2) is 5.65 Å². The Morgan fingerprint density at radius 1 is 1.35 bits per heavy atom. The van der Waals surface area contributed by atoms with Crippen LogP contribution >= 0.6 is 0 Å². The normalized spacial score (nSPS) is 18.6. The van der Waals surface area contributed by atoms with Gasteiger partial charge in [-0.25, -0.2) is 15.0 Å². The van der Waals surface area contributed by atoms with Gasteiger partial charge < -0.3 is 9.64 Å². The number of anilines is 1. The van der Waals surface area contributed by atoms with Crippen molar-refractivity contribution in [1.29, 1.82) is 0 Å². The molecule has 2 aromatic rings. The topological polar surface area (TPSA) is 51.1 Å². The highest BCUT2D eigenvalue weighted by molar-refractivity contribution is 5.89. The second kappa shape index (κ2) is 5.32. The third kappa shape index (κ3) is 2.45. The largest absolute Gasteiger partial charge is 0.381 e. The maximum absolute atomic E-state index is 5.45. The molecule has 0 bridgehead atoms. The van der Waals surface area contributed by atoms with Crippen molar-refractivity contribution in [2.24, 2.45) is 5.92 Å². The Kier molecular flexibility index (Phi) is 3.53. The maximum Gasteiger partial charge on any atom is 0.165 e. The molecule has 0 amide bonds. The van der Waals surface area contributed by atoms with Gasteiger partial charge in [0.1, 0.15) is 12.1 Å². The lowest BCUT2D eigenvalue weighted by Gasteiger charge is -2.23. The highest BCUT2D eigenvalue weighted by atomic mass is 16.5. The molecule has 1 aliphatic rings. The molecule has 0 unspecified atom stereocenters. The molecule has 20 heavy (non-hydrogen) atoms. The van der Waals surface area contributed by atoms with E-state index >= 15 is 0 Å². The van der Waals surface area contributed by atoms with Crippen molar-refractivity contribution in [3.63, 3.8) is 0 Å². The zero-order valence-corrected chi connectivity index (χ0v) is 12.3. The third-order valence-corrected chi connectivity index (χ3v) is 3.83. The number of aryl methyl sites for hydroxylation is 2. The van der Waals surface area contributed by atoms with Crippen molar-refractivity contribution in [2.75, 3.05) is 31.7 Å². The molecule has 0 aromatic carbocycles. The molecule has 0 radical (unpaired) electrons. The van der Waals surface area contributed by atoms with Crippen LogP contribution in [0.15, 0.2) is 12.4 Å². The number of fused-ring (bicyclic) bond motifs is 1. The first-order valence-electron chi connectivity index (χ1n) is 7.03. The van der Waals surface area contributed by atoms with E-state index in [4.69, 9.17) is 4.74 Å². The summed E-state index contributed by atoms with van der Waals surface area (Å²) in [6, 6.07) is 2.09. The lowest BCUT2D eigenvalue weighted by molar-refractivity contribution is 0.186. The minimum absolute atomic E-state index is 0.587. The summed E-state index contributed by atoms with van der Waals surface area (Å²) in [4.78, 5) is 15.5. The summed E-state index contributed by atoms with van der Waals surface area (Å²) < 4.78 is 5.45. The van der Waals surface area contributed by atoms with Gasteiger partial charge in [0.25, 0.3) is 0 Å². The lowest BCUT2D eigenvalue weighted by Crippen LogP contribution is -2.26. The first-order chi connectivity index (χ1) is 9.65. The lowest BCUT2D eigenvalue weighted by atomic mass is 10.1. The fourth-order valence-electron chi connectivity index (χ4n) is 2.88. The maximum atomic E-state index is 5.45. The summed E-state index contributed by atoms with van der Waals surface area (Å²) in [6.45, 7) is 6.77. The van der Waals surface area contributed by atoms with Gasteiger partial charge in [-0.1, -0.05) is 0 Å². The van der Waals surface area contributed by atoms with E-state index in [1.165, 1.54) is 5.56 Å². The van der Waals surface area contributed by atoms with Crippen molar-refractivity contribution < 1.29 is 4.74 Å². The summed E-state index contributed by atoms with van der Waals surface area (Å²) in [5, 5.41) is 1.06. The number of nitrogens with zero attached hydrogens (tertiary/aromatic N) is 4. The van der Waals surface area contributed by atoms with Crippen LogP contribution in [-0.2, 0) is 4.74 Å². The molecule has 1 fully saturated rings. The number of ether oxygens (including phenoxy) is 1. The summed E-state index contributed by atoms with van der Waals surface area (Å²) >= 11 is 0. The molecule has 106 valence electrons. The number of hydrogen-bond acceptors (Lipinski definition) is 5. The Balaban J connectivity index is 1.97. The van der Waals surface area contributed by atoms with Crippen LogP contribution < -0.4 is 4.90 Å². The highest BCUT2D eigenvalue weighted by Crippen LogP contribution is 2.26. The summed E-state index contributed by atoms with van der Waals surface area (Å²) in [6.07, 6.45) is 2.73. The molecule has 1 aliphatic heterocycles. The average Bonchev–Trinajstić information content (AvgIpc) is 2.90. The molecule has 0 N–H and O–H groups in total. The van der Waals surface area contributed by atoms with E-state index in [1.54, 1.807) is 6.33 Å². The molecule has 0 aliphatic carbocycles. The zero-order chi connectivity index (χ0) is 14.1.